The Kier molecular flexibility index (Phi) is 5.07. The van der Waals surface area contributed by atoms with E-state index in [0.29, 0.717) is 23.4 Å². The third-order valence-corrected chi connectivity index (χ3v) is 6.58. The quantitative estimate of drug-likeness (QED) is 0.288. The number of fused-ring (bicyclic) bond motifs is 2. The van der Waals surface area contributed by atoms with Gasteiger partial charge in [0, 0.05) is 52.4 Å². The number of aromatic nitrogens is 6. The number of hydrogen-bond acceptors (Lipinski definition) is 6. The number of amides is 1. The van der Waals surface area contributed by atoms with E-state index in [1.165, 1.54) is 6.07 Å². The number of H-pyrrole nitrogens is 2. The third kappa shape index (κ3) is 3.83. The molecule has 10 heteroatoms. The number of halogens is 1. The normalized spacial score (nSPS) is 11.4. The lowest BCUT2D eigenvalue weighted by Gasteiger charge is -2.06. The maximum Gasteiger partial charge on any atom is 0.224 e. The second kappa shape index (κ2) is 8.41. The van der Waals surface area contributed by atoms with Crippen molar-refractivity contribution in [2.45, 2.75) is 13.3 Å². The zero-order chi connectivity index (χ0) is 23.9. The van der Waals surface area contributed by atoms with Crippen molar-refractivity contribution in [1.82, 2.24) is 30.1 Å². The van der Waals surface area contributed by atoms with Crippen molar-refractivity contribution in [3.63, 3.8) is 0 Å². The molecule has 8 nitrogen and oxygen atoms in total. The largest absolute Gasteiger partial charge is 0.353 e. The number of hydrogen-bond donors (Lipinski definition) is 3. The molecule has 0 saturated heterocycles. The van der Waals surface area contributed by atoms with Crippen molar-refractivity contribution in [3.8, 4) is 33.1 Å². The lowest BCUT2D eigenvalue weighted by molar-refractivity contribution is -0.115. The van der Waals surface area contributed by atoms with Gasteiger partial charge < -0.3 is 10.3 Å². The minimum absolute atomic E-state index is 0.0763. The lowest BCUT2D eigenvalue weighted by atomic mass is 10.1. The van der Waals surface area contributed by atoms with Gasteiger partial charge in [-0.3, -0.25) is 19.9 Å². The van der Waals surface area contributed by atoms with Gasteiger partial charge in [0.15, 0.2) is 10.8 Å². The molecule has 1 amide bonds. The van der Waals surface area contributed by atoms with Crippen LogP contribution in [0.25, 0.3) is 55.0 Å². The standard InChI is InChI=1S/C25H18FN7OS/c1-2-22(34)30-15-7-13(10-27-12-15)14-8-17-23(32-33-25(17)29-11-14)19-9-16-18(31-19)5-6-28-24(16)20-3-4-21(26)35-20/h3-12,31H,2H2,1H3,(H,30,34)(H,29,32,33). The molecule has 0 fully saturated rings. The molecule has 0 aliphatic carbocycles. The highest BCUT2D eigenvalue weighted by molar-refractivity contribution is 7.13. The number of anilines is 1. The first kappa shape index (κ1) is 21.1. The second-order valence-corrected chi connectivity index (χ2v) is 9.00. The Morgan fingerprint density at radius 3 is 2.74 bits per heavy atom. The molecule has 0 saturated carbocycles. The molecule has 0 aromatic carbocycles. The van der Waals surface area contributed by atoms with Crippen LogP contribution in [0.1, 0.15) is 13.3 Å². The fourth-order valence-corrected chi connectivity index (χ4v) is 4.74. The van der Waals surface area contributed by atoms with Crippen LogP contribution in [0.4, 0.5) is 10.1 Å². The number of nitrogens with zero attached hydrogens (tertiary/aromatic N) is 4. The van der Waals surface area contributed by atoms with Gasteiger partial charge in [-0.05, 0) is 36.4 Å². The molecule has 172 valence electrons. The molecule has 3 N–H and O–H groups in total. The van der Waals surface area contributed by atoms with E-state index in [-0.39, 0.29) is 11.0 Å². The number of carbonyl (C=O) groups excluding carboxylic acids is 1. The van der Waals surface area contributed by atoms with E-state index in [2.05, 4.69) is 35.5 Å². The van der Waals surface area contributed by atoms with Gasteiger partial charge in [-0.1, -0.05) is 6.92 Å². The van der Waals surface area contributed by atoms with Crippen LogP contribution in [0.15, 0.2) is 61.2 Å². The smallest absolute Gasteiger partial charge is 0.224 e. The predicted molar refractivity (Wildman–Crippen MR) is 134 cm³/mol. The summed E-state index contributed by atoms with van der Waals surface area (Å²) in [6, 6.07) is 10.9. The summed E-state index contributed by atoms with van der Waals surface area (Å²) in [5.74, 6) is -0.0763. The number of pyridine rings is 3. The molecular weight excluding hydrogens is 465 g/mol. The minimum Gasteiger partial charge on any atom is -0.353 e. The third-order valence-electron chi connectivity index (χ3n) is 5.70. The van der Waals surface area contributed by atoms with Crippen LogP contribution < -0.4 is 5.32 Å². The van der Waals surface area contributed by atoms with Crippen LogP contribution in [0.2, 0.25) is 0 Å². The summed E-state index contributed by atoms with van der Waals surface area (Å²) >= 11 is 1.06. The van der Waals surface area contributed by atoms with Crippen LogP contribution in [0.3, 0.4) is 0 Å². The lowest BCUT2D eigenvalue weighted by Crippen LogP contribution is -2.09. The predicted octanol–water partition coefficient (Wildman–Crippen LogP) is 5.78. The fourth-order valence-electron chi connectivity index (χ4n) is 4.00. The van der Waals surface area contributed by atoms with E-state index in [0.717, 1.165) is 55.0 Å². The molecule has 6 aromatic rings. The minimum atomic E-state index is -0.251. The van der Waals surface area contributed by atoms with Gasteiger partial charge in [0.05, 0.1) is 28.1 Å². The molecule has 0 unspecified atom stereocenters. The van der Waals surface area contributed by atoms with E-state index in [1.54, 1.807) is 37.8 Å². The first-order valence-corrected chi connectivity index (χ1v) is 11.7. The van der Waals surface area contributed by atoms with E-state index < -0.39 is 0 Å². The summed E-state index contributed by atoms with van der Waals surface area (Å²) < 4.78 is 13.6. The van der Waals surface area contributed by atoms with Gasteiger partial charge in [-0.15, -0.1) is 11.3 Å². The molecule has 0 atom stereocenters. The van der Waals surface area contributed by atoms with Crippen molar-refractivity contribution in [1.29, 1.82) is 0 Å². The Morgan fingerprint density at radius 1 is 1.03 bits per heavy atom. The number of thiophene rings is 1. The molecule has 0 spiro atoms. The van der Waals surface area contributed by atoms with Crippen molar-refractivity contribution in [2.75, 3.05) is 5.32 Å². The van der Waals surface area contributed by atoms with Crippen LogP contribution in [-0.4, -0.2) is 36.0 Å². The molecule has 0 aliphatic heterocycles. The fraction of sp³-hybridized carbons (Fsp3) is 0.0800. The summed E-state index contributed by atoms with van der Waals surface area (Å²) in [4.78, 5) is 29.2. The highest BCUT2D eigenvalue weighted by Gasteiger charge is 2.16. The number of aromatic amines is 2. The highest BCUT2D eigenvalue weighted by Crippen LogP contribution is 2.35. The first-order valence-electron chi connectivity index (χ1n) is 10.9. The van der Waals surface area contributed by atoms with Gasteiger partial charge >= 0.3 is 0 Å². The van der Waals surface area contributed by atoms with Crippen LogP contribution in [0, 0.1) is 5.13 Å². The van der Waals surface area contributed by atoms with E-state index in [9.17, 15) is 9.18 Å². The Morgan fingerprint density at radius 2 is 1.91 bits per heavy atom. The highest BCUT2D eigenvalue weighted by atomic mass is 32.1. The SMILES string of the molecule is CCC(=O)Nc1cncc(-c2cnc3[nH]nc(-c4cc5c(-c6ccc(F)s6)nccc5[nH]4)c3c2)c1. The van der Waals surface area contributed by atoms with Gasteiger partial charge in [-0.2, -0.15) is 9.49 Å². The summed E-state index contributed by atoms with van der Waals surface area (Å²) in [6.45, 7) is 1.80. The van der Waals surface area contributed by atoms with Crippen LogP contribution in [-0.2, 0) is 4.79 Å². The topological polar surface area (TPSA) is 112 Å². The number of carbonyl (C=O) groups is 1. The summed E-state index contributed by atoms with van der Waals surface area (Å²) in [5, 5.41) is 11.8. The van der Waals surface area contributed by atoms with Crippen molar-refractivity contribution < 1.29 is 9.18 Å². The molecule has 6 aromatic heterocycles. The Hall–Kier alpha value is -4.44. The molecule has 6 rings (SSSR count). The molecular formula is C25H18FN7OS. The van der Waals surface area contributed by atoms with E-state index in [1.807, 2.05) is 24.3 Å². The van der Waals surface area contributed by atoms with Crippen LogP contribution in [0.5, 0.6) is 0 Å². The first-order chi connectivity index (χ1) is 17.1. The van der Waals surface area contributed by atoms with Gasteiger partial charge in [0.25, 0.3) is 0 Å². The molecule has 6 heterocycles. The summed E-state index contributed by atoms with van der Waals surface area (Å²) in [7, 11) is 0. The maximum absolute atomic E-state index is 13.6. The van der Waals surface area contributed by atoms with Crippen molar-refractivity contribution in [3.05, 3.63) is 66.3 Å². The molecule has 0 bridgehead atoms. The molecule has 0 aliphatic rings. The zero-order valence-electron chi connectivity index (χ0n) is 18.5. The van der Waals surface area contributed by atoms with E-state index in [4.69, 9.17) is 0 Å². The Bertz CT molecular complexity index is 1720. The van der Waals surface area contributed by atoms with Gasteiger partial charge in [0.1, 0.15) is 5.69 Å². The molecule has 35 heavy (non-hydrogen) atoms. The summed E-state index contributed by atoms with van der Waals surface area (Å²) in [6.07, 6.45) is 7.17. The van der Waals surface area contributed by atoms with Crippen molar-refractivity contribution in [2.24, 2.45) is 0 Å². The second-order valence-electron chi connectivity index (χ2n) is 7.96. The van der Waals surface area contributed by atoms with E-state index >= 15 is 0 Å². The van der Waals surface area contributed by atoms with Gasteiger partial charge in [0.2, 0.25) is 5.91 Å². The maximum atomic E-state index is 13.6. The number of nitrogens with one attached hydrogen (secondary N) is 3. The molecule has 0 radical (unpaired) electrons. The van der Waals surface area contributed by atoms with Gasteiger partial charge in [-0.25, -0.2) is 4.98 Å². The van der Waals surface area contributed by atoms with Crippen LogP contribution >= 0.6 is 11.3 Å². The average molecular weight is 484 g/mol. The summed E-state index contributed by atoms with van der Waals surface area (Å²) in [5.41, 5.74) is 6.02. The Balaban J connectivity index is 1.43. The average Bonchev–Trinajstić information content (AvgIpc) is 3.61. The monoisotopic (exact) mass is 483 g/mol. The van der Waals surface area contributed by atoms with Crippen molar-refractivity contribution >= 4 is 44.9 Å². The zero-order valence-corrected chi connectivity index (χ0v) is 19.3. The Labute approximate surface area is 202 Å². The number of rotatable bonds is 5.